The van der Waals surface area contributed by atoms with E-state index in [4.69, 9.17) is 15.3 Å². The number of hydrogen-bond donors (Lipinski definition) is 3. The zero-order chi connectivity index (χ0) is 13.8. The van der Waals surface area contributed by atoms with Gasteiger partial charge in [0.15, 0.2) is 11.5 Å². The summed E-state index contributed by atoms with van der Waals surface area (Å²) in [6.45, 7) is 3.01. The molecular weight excluding hydrogens is 246 g/mol. The van der Waals surface area contributed by atoms with Gasteiger partial charge >= 0.3 is 5.97 Å². The summed E-state index contributed by atoms with van der Waals surface area (Å²) in [5.41, 5.74) is 8.08. The minimum Gasteiger partial charge on any atom is -0.480 e. The molecule has 19 heavy (non-hydrogen) atoms. The molecule has 0 saturated carbocycles. The van der Waals surface area contributed by atoms with Crippen LogP contribution in [0.5, 0.6) is 0 Å². The van der Waals surface area contributed by atoms with Crippen molar-refractivity contribution in [2.45, 2.75) is 25.9 Å². The van der Waals surface area contributed by atoms with Gasteiger partial charge in [-0.1, -0.05) is 6.07 Å². The van der Waals surface area contributed by atoms with Gasteiger partial charge in [-0.3, -0.25) is 4.79 Å². The highest BCUT2D eigenvalue weighted by Crippen LogP contribution is 2.16. The number of aromatic nitrogens is 1. The summed E-state index contributed by atoms with van der Waals surface area (Å²) in [5, 5.41) is 11.8. The molecule has 1 unspecified atom stereocenters. The maximum Gasteiger partial charge on any atom is 0.320 e. The number of carbonyl (C=O) groups is 1. The van der Waals surface area contributed by atoms with E-state index in [1.165, 1.54) is 0 Å². The van der Waals surface area contributed by atoms with Crippen LogP contribution in [-0.2, 0) is 11.3 Å². The first-order valence-corrected chi connectivity index (χ1v) is 6.11. The second-order valence-electron chi connectivity index (χ2n) is 4.45. The van der Waals surface area contributed by atoms with E-state index in [2.05, 4.69) is 10.3 Å². The molecule has 0 radical (unpaired) electrons. The van der Waals surface area contributed by atoms with Crippen LogP contribution < -0.4 is 11.1 Å². The van der Waals surface area contributed by atoms with Crippen molar-refractivity contribution >= 4 is 17.1 Å². The highest BCUT2D eigenvalue weighted by Gasteiger charge is 2.10. The summed E-state index contributed by atoms with van der Waals surface area (Å²) in [4.78, 5) is 14.8. The molecule has 2 rings (SSSR count). The zero-order valence-electron chi connectivity index (χ0n) is 10.7. The molecule has 0 saturated heterocycles. The van der Waals surface area contributed by atoms with Gasteiger partial charge in [0.2, 0.25) is 0 Å². The van der Waals surface area contributed by atoms with E-state index in [-0.39, 0.29) is 0 Å². The van der Waals surface area contributed by atoms with E-state index < -0.39 is 12.0 Å². The third-order valence-corrected chi connectivity index (χ3v) is 2.84. The number of fused-ring (bicyclic) bond motifs is 1. The van der Waals surface area contributed by atoms with E-state index in [1.54, 1.807) is 0 Å². The SMILES string of the molecule is Cc1nc2ccc(CNCCC(N)C(=O)O)cc2o1. The predicted molar refractivity (Wildman–Crippen MR) is 70.7 cm³/mol. The van der Waals surface area contributed by atoms with Crippen molar-refractivity contribution in [2.75, 3.05) is 6.54 Å². The number of carboxylic acid groups (broad SMARTS) is 1. The van der Waals surface area contributed by atoms with Crippen LogP contribution in [0, 0.1) is 6.92 Å². The number of carboxylic acids is 1. The number of oxazole rings is 1. The maximum atomic E-state index is 10.5. The minimum atomic E-state index is -0.972. The van der Waals surface area contributed by atoms with Gasteiger partial charge in [0.25, 0.3) is 0 Å². The molecule has 0 bridgehead atoms. The Morgan fingerprint density at radius 2 is 2.37 bits per heavy atom. The number of nitrogens with one attached hydrogen (secondary N) is 1. The zero-order valence-corrected chi connectivity index (χ0v) is 10.7. The first kappa shape index (κ1) is 13.5. The Balaban J connectivity index is 1.86. The van der Waals surface area contributed by atoms with Crippen LogP contribution in [0.25, 0.3) is 11.1 Å². The highest BCUT2D eigenvalue weighted by atomic mass is 16.4. The van der Waals surface area contributed by atoms with E-state index in [0.717, 1.165) is 16.7 Å². The summed E-state index contributed by atoms with van der Waals surface area (Å²) in [5.74, 6) is -0.326. The van der Waals surface area contributed by atoms with Crippen LogP contribution in [0.15, 0.2) is 22.6 Å². The summed E-state index contributed by atoms with van der Waals surface area (Å²) in [6.07, 6.45) is 0.402. The first-order chi connectivity index (χ1) is 9.06. The Morgan fingerprint density at radius 3 is 3.11 bits per heavy atom. The fraction of sp³-hybridized carbons (Fsp3) is 0.385. The van der Waals surface area contributed by atoms with E-state index >= 15 is 0 Å². The minimum absolute atomic E-state index is 0.402. The third-order valence-electron chi connectivity index (χ3n) is 2.84. The lowest BCUT2D eigenvalue weighted by molar-refractivity contribution is -0.138. The van der Waals surface area contributed by atoms with Crippen molar-refractivity contribution in [3.05, 3.63) is 29.7 Å². The van der Waals surface area contributed by atoms with Gasteiger partial charge in [-0.25, -0.2) is 4.98 Å². The molecule has 0 aliphatic rings. The molecule has 1 heterocycles. The van der Waals surface area contributed by atoms with Crippen LogP contribution in [-0.4, -0.2) is 28.6 Å². The van der Waals surface area contributed by atoms with E-state index in [9.17, 15) is 4.79 Å². The topological polar surface area (TPSA) is 101 Å². The number of rotatable bonds is 6. The molecule has 102 valence electrons. The summed E-state index contributed by atoms with van der Waals surface area (Å²) >= 11 is 0. The van der Waals surface area contributed by atoms with Gasteiger partial charge < -0.3 is 20.6 Å². The summed E-state index contributed by atoms with van der Waals surface area (Å²) in [6, 6.07) is 4.99. The fourth-order valence-corrected chi connectivity index (χ4v) is 1.81. The van der Waals surface area contributed by atoms with Gasteiger partial charge in [-0.2, -0.15) is 0 Å². The van der Waals surface area contributed by atoms with Crippen LogP contribution in [0.1, 0.15) is 17.9 Å². The van der Waals surface area contributed by atoms with Gasteiger partial charge in [-0.05, 0) is 30.7 Å². The monoisotopic (exact) mass is 263 g/mol. The first-order valence-electron chi connectivity index (χ1n) is 6.11. The number of aryl methyl sites for hydroxylation is 1. The maximum absolute atomic E-state index is 10.5. The predicted octanol–water partition coefficient (Wildman–Crippen LogP) is 1.03. The Morgan fingerprint density at radius 1 is 1.58 bits per heavy atom. The Bertz CT molecular complexity index is 580. The van der Waals surface area contributed by atoms with Crippen molar-refractivity contribution in [3.63, 3.8) is 0 Å². The fourth-order valence-electron chi connectivity index (χ4n) is 1.81. The van der Waals surface area contributed by atoms with Gasteiger partial charge in [0, 0.05) is 13.5 Å². The molecule has 0 aliphatic heterocycles. The molecule has 1 atom stereocenters. The third kappa shape index (κ3) is 3.52. The van der Waals surface area contributed by atoms with Crippen molar-refractivity contribution in [1.82, 2.24) is 10.3 Å². The van der Waals surface area contributed by atoms with Crippen molar-refractivity contribution in [2.24, 2.45) is 5.73 Å². The normalized spacial score (nSPS) is 12.7. The Kier molecular flexibility index (Phi) is 4.13. The molecule has 1 aromatic heterocycles. The molecule has 4 N–H and O–H groups in total. The molecule has 0 spiro atoms. The summed E-state index contributed by atoms with van der Waals surface area (Å²) in [7, 11) is 0. The molecule has 0 aliphatic carbocycles. The lowest BCUT2D eigenvalue weighted by Gasteiger charge is -2.07. The van der Waals surface area contributed by atoms with Crippen LogP contribution >= 0.6 is 0 Å². The number of aliphatic carboxylic acids is 1. The van der Waals surface area contributed by atoms with Gasteiger partial charge in [-0.15, -0.1) is 0 Å². The molecule has 2 aromatic rings. The van der Waals surface area contributed by atoms with Crippen LogP contribution in [0.3, 0.4) is 0 Å². The lowest BCUT2D eigenvalue weighted by Crippen LogP contribution is -2.33. The Hall–Kier alpha value is -1.92. The molecular formula is C13H17N3O3. The molecule has 1 aromatic carbocycles. The highest BCUT2D eigenvalue weighted by molar-refractivity contribution is 5.73. The largest absolute Gasteiger partial charge is 0.480 e. The molecule has 6 heteroatoms. The van der Waals surface area contributed by atoms with Crippen LogP contribution in [0.2, 0.25) is 0 Å². The van der Waals surface area contributed by atoms with Crippen molar-refractivity contribution < 1.29 is 14.3 Å². The second-order valence-corrected chi connectivity index (χ2v) is 4.45. The van der Waals surface area contributed by atoms with Crippen molar-refractivity contribution in [3.8, 4) is 0 Å². The van der Waals surface area contributed by atoms with Gasteiger partial charge in [0.1, 0.15) is 11.6 Å². The van der Waals surface area contributed by atoms with Gasteiger partial charge in [0.05, 0.1) is 0 Å². The molecule has 0 amide bonds. The molecule has 6 nitrogen and oxygen atoms in total. The van der Waals surface area contributed by atoms with E-state index in [1.807, 2.05) is 25.1 Å². The summed E-state index contributed by atoms with van der Waals surface area (Å²) < 4.78 is 5.45. The number of hydrogen-bond acceptors (Lipinski definition) is 5. The Labute approximate surface area is 110 Å². The standard InChI is InChI=1S/C13H17N3O3/c1-8-16-11-3-2-9(6-12(11)19-8)7-15-5-4-10(14)13(17)18/h2-3,6,10,15H,4-5,7,14H2,1H3,(H,17,18). The second kappa shape index (κ2) is 5.81. The lowest BCUT2D eigenvalue weighted by atomic mass is 10.2. The van der Waals surface area contributed by atoms with Crippen molar-refractivity contribution in [1.29, 1.82) is 0 Å². The number of benzene rings is 1. The average Bonchev–Trinajstić information content (AvgIpc) is 2.73. The van der Waals surface area contributed by atoms with E-state index in [0.29, 0.717) is 25.4 Å². The average molecular weight is 263 g/mol. The number of nitrogens with two attached hydrogens (primary N) is 1. The smallest absolute Gasteiger partial charge is 0.320 e. The number of nitrogens with zero attached hydrogens (tertiary/aromatic N) is 1. The quantitative estimate of drug-likeness (QED) is 0.673. The van der Waals surface area contributed by atoms with Crippen LogP contribution in [0.4, 0.5) is 0 Å². The molecule has 0 fully saturated rings.